The van der Waals surface area contributed by atoms with Crippen LogP contribution < -0.4 is 10.7 Å². The molecule has 1 aliphatic rings. The van der Waals surface area contributed by atoms with Gasteiger partial charge in [-0.15, -0.1) is 20.6 Å². The van der Waals surface area contributed by atoms with Crippen LogP contribution in [0.3, 0.4) is 0 Å². The Hall–Kier alpha value is -4.28. The standard InChI is InChI=1S/C47H66NO18PS/c1-7-41(50)60-25-19-54-16-22-57-33(4)64-30-47(31-65-34(5)58-23-17-55-20-26-61-42(51)8-2,32-66-35(6)59-24-18-56-21-27-62-43(52)9-3)29-48-40(49)28-63-37-14-15-38(67)44-45(53)36-12-10-11-13-39(36)68-46(37)44/h7-13,15,33-35,37H,1-3,14,16-32,67H2,4-6H3,(H,48,49). The minimum Gasteiger partial charge on any atom is -0.460 e. The minimum atomic E-state index is -1.09. The number of hydrogen-bond acceptors (Lipinski definition) is 19. The van der Waals surface area contributed by atoms with Gasteiger partial charge in [0.05, 0.1) is 90.8 Å². The third-order valence-corrected chi connectivity index (χ3v) is 11.4. The van der Waals surface area contributed by atoms with Crippen molar-refractivity contribution in [3.63, 3.8) is 0 Å². The van der Waals surface area contributed by atoms with Crippen LogP contribution in [0.2, 0.25) is 0 Å². The van der Waals surface area contributed by atoms with E-state index in [0.717, 1.165) is 33.1 Å². The first-order valence-corrected chi connectivity index (χ1v) is 23.4. The van der Waals surface area contributed by atoms with Crippen molar-refractivity contribution in [2.75, 3.05) is 112 Å². The fraction of sp³-hybridized carbons (Fsp3) is 0.553. The summed E-state index contributed by atoms with van der Waals surface area (Å²) in [4.78, 5) is 61.7. The fourth-order valence-electron chi connectivity index (χ4n) is 5.97. The van der Waals surface area contributed by atoms with Crippen LogP contribution >= 0.6 is 20.6 Å². The lowest BCUT2D eigenvalue weighted by Gasteiger charge is -2.36. The summed E-state index contributed by atoms with van der Waals surface area (Å²) in [5.74, 6) is -2.08. The molecule has 0 saturated heterocycles. The molecule has 68 heavy (non-hydrogen) atoms. The van der Waals surface area contributed by atoms with Crippen molar-refractivity contribution >= 4 is 59.8 Å². The van der Waals surface area contributed by atoms with Gasteiger partial charge in [0.25, 0.3) is 0 Å². The maximum absolute atomic E-state index is 13.7. The van der Waals surface area contributed by atoms with Crippen molar-refractivity contribution in [1.29, 1.82) is 0 Å². The quantitative estimate of drug-likeness (QED) is 0.0246. The Labute approximate surface area is 403 Å². The summed E-state index contributed by atoms with van der Waals surface area (Å²) < 4.78 is 74.3. The molecule has 0 spiro atoms. The van der Waals surface area contributed by atoms with Crippen LogP contribution in [0.25, 0.3) is 15.4 Å². The van der Waals surface area contributed by atoms with Crippen LogP contribution in [-0.4, -0.2) is 155 Å². The predicted octanol–water partition coefficient (Wildman–Crippen LogP) is 4.42. The Morgan fingerprint density at radius 1 is 0.691 bits per heavy atom. The molecule has 0 radical (unpaired) electrons. The molecule has 0 fully saturated rings. The Balaban J connectivity index is 1.71. The summed E-state index contributed by atoms with van der Waals surface area (Å²) in [5, 5.41) is 4.38. The van der Waals surface area contributed by atoms with Gasteiger partial charge in [-0.3, -0.25) is 9.59 Å². The molecule has 5 unspecified atom stereocenters. The lowest BCUT2D eigenvalue weighted by molar-refractivity contribution is -0.214. The van der Waals surface area contributed by atoms with Gasteiger partial charge in [-0.1, -0.05) is 37.9 Å². The van der Waals surface area contributed by atoms with Crippen molar-refractivity contribution in [2.24, 2.45) is 5.41 Å². The van der Waals surface area contributed by atoms with Gasteiger partial charge in [0.1, 0.15) is 26.4 Å². The second-order valence-corrected chi connectivity index (χ2v) is 16.5. The van der Waals surface area contributed by atoms with Crippen molar-refractivity contribution in [3.8, 4) is 0 Å². The van der Waals surface area contributed by atoms with E-state index in [0.29, 0.717) is 17.4 Å². The molecule has 1 amide bonds. The van der Waals surface area contributed by atoms with E-state index in [4.69, 9.17) is 61.6 Å². The summed E-state index contributed by atoms with van der Waals surface area (Å²) in [5.41, 5.74) is -0.616. The van der Waals surface area contributed by atoms with Gasteiger partial charge in [0, 0.05) is 45.3 Å². The lowest BCUT2D eigenvalue weighted by atomic mass is 9.90. The molecule has 0 saturated carbocycles. The van der Waals surface area contributed by atoms with E-state index in [2.05, 4.69) is 34.3 Å². The highest BCUT2D eigenvalue weighted by molar-refractivity contribution is 7.31. The molecule has 1 N–H and O–H groups in total. The van der Waals surface area contributed by atoms with Crippen molar-refractivity contribution in [2.45, 2.75) is 52.2 Å². The summed E-state index contributed by atoms with van der Waals surface area (Å²) in [7, 11) is 2.64. The lowest BCUT2D eigenvalue weighted by Crippen LogP contribution is -2.49. The van der Waals surface area contributed by atoms with E-state index in [1.54, 1.807) is 26.8 Å². The average Bonchev–Trinajstić information content (AvgIpc) is 3.34. The van der Waals surface area contributed by atoms with E-state index in [1.807, 2.05) is 24.3 Å². The molecule has 1 aromatic heterocycles. The first-order valence-electron chi connectivity index (χ1n) is 22.0. The highest BCUT2D eigenvalue weighted by Gasteiger charge is 2.35. The zero-order chi connectivity index (χ0) is 49.6. The summed E-state index contributed by atoms with van der Waals surface area (Å²) in [6, 6.07) is 7.40. The van der Waals surface area contributed by atoms with Gasteiger partial charge in [-0.05, 0) is 44.6 Å². The third kappa shape index (κ3) is 22.4. The average molecular weight is 996 g/mol. The molecule has 0 bridgehead atoms. The molecule has 1 aliphatic carbocycles. The summed E-state index contributed by atoms with van der Waals surface area (Å²) in [6.45, 7) is 16.4. The Morgan fingerprint density at radius 2 is 1.13 bits per heavy atom. The van der Waals surface area contributed by atoms with Crippen molar-refractivity contribution in [1.82, 2.24) is 5.32 Å². The molecule has 1 aromatic carbocycles. The van der Waals surface area contributed by atoms with Gasteiger partial charge >= 0.3 is 17.9 Å². The second-order valence-electron chi connectivity index (χ2n) is 14.8. The normalized spacial score (nSPS) is 15.5. The highest BCUT2D eigenvalue weighted by Crippen LogP contribution is 2.40. The smallest absolute Gasteiger partial charge is 0.330 e. The van der Waals surface area contributed by atoms with Gasteiger partial charge in [0.2, 0.25) is 5.91 Å². The SMILES string of the molecule is C=CC(=O)OCCOCCOC(C)OCC(CNC(=O)COC1CC=C(P)c2c1sc1ccccc1c2=O)(COC(C)OCCOCCOC(=O)C=C)COC(C)OCCOCCOC(=O)C=C. The largest absolute Gasteiger partial charge is 0.460 e. The molecular formula is C47H66NO18PS. The van der Waals surface area contributed by atoms with Crippen molar-refractivity contribution in [3.05, 3.63) is 89.0 Å². The number of nitrogens with one attached hydrogen (secondary N) is 1. The van der Waals surface area contributed by atoms with Crippen molar-refractivity contribution < 1.29 is 80.8 Å². The van der Waals surface area contributed by atoms with Crippen LogP contribution in [0.1, 0.15) is 43.7 Å². The van der Waals surface area contributed by atoms with E-state index in [1.165, 1.54) is 11.3 Å². The van der Waals surface area contributed by atoms with E-state index < -0.39 is 54.2 Å². The van der Waals surface area contributed by atoms with Gasteiger partial charge in [-0.25, -0.2) is 14.4 Å². The first-order chi connectivity index (χ1) is 32.8. The molecule has 0 aliphatic heterocycles. The Kier molecular flexibility index (Phi) is 28.4. The van der Waals surface area contributed by atoms with Gasteiger partial charge in [0.15, 0.2) is 24.3 Å². The number of esters is 3. The van der Waals surface area contributed by atoms with E-state index >= 15 is 0 Å². The van der Waals surface area contributed by atoms with Crippen LogP contribution in [0, 0.1) is 5.41 Å². The predicted molar refractivity (Wildman–Crippen MR) is 255 cm³/mol. The first kappa shape index (κ1) is 58.0. The maximum Gasteiger partial charge on any atom is 0.330 e. The molecule has 2 aromatic rings. The monoisotopic (exact) mass is 995 g/mol. The number of carbonyl (C=O) groups is 4. The second kappa shape index (κ2) is 33.3. The van der Waals surface area contributed by atoms with E-state index in [-0.39, 0.29) is 118 Å². The highest BCUT2D eigenvalue weighted by atomic mass is 32.1. The van der Waals surface area contributed by atoms with Gasteiger partial charge < -0.3 is 66.9 Å². The number of carbonyl (C=O) groups excluding carboxylic acids is 4. The molecular weight excluding hydrogens is 930 g/mol. The zero-order valence-corrected chi connectivity index (χ0v) is 41.1. The number of benzene rings is 1. The van der Waals surface area contributed by atoms with Crippen LogP contribution in [0.15, 0.2) is 73.1 Å². The summed E-state index contributed by atoms with van der Waals surface area (Å²) >= 11 is 1.47. The molecule has 3 rings (SSSR count). The fourth-order valence-corrected chi connectivity index (χ4v) is 7.76. The number of rotatable bonds is 38. The molecule has 378 valence electrons. The van der Waals surface area contributed by atoms with E-state index in [9.17, 15) is 24.0 Å². The number of fused-ring (bicyclic) bond motifs is 2. The number of ether oxygens (including phenoxy) is 13. The maximum atomic E-state index is 13.7. The van der Waals surface area contributed by atoms with Gasteiger partial charge in [-0.2, -0.15) is 0 Å². The molecule has 19 nitrogen and oxygen atoms in total. The topological polar surface area (TPSA) is 217 Å². The Bertz CT molecular complexity index is 1890. The minimum absolute atomic E-state index is 0.0259. The van der Waals surface area contributed by atoms with Crippen LogP contribution in [0.4, 0.5) is 0 Å². The number of amides is 1. The van der Waals surface area contributed by atoms with Crippen LogP contribution in [-0.2, 0) is 80.8 Å². The third-order valence-electron chi connectivity index (χ3n) is 9.56. The Morgan fingerprint density at radius 3 is 1.59 bits per heavy atom. The molecule has 21 heteroatoms. The summed E-state index contributed by atoms with van der Waals surface area (Å²) in [6.07, 6.45) is 2.79. The molecule has 1 heterocycles. The molecule has 5 atom stereocenters. The zero-order valence-electron chi connectivity index (χ0n) is 39.1. The number of hydrogen-bond donors (Lipinski definition) is 1. The van der Waals surface area contributed by atoms with Crippen LogP contribution in [0.5, 0.6) is 0 Å².